The largest absolute Gasteiger partial charge is 0.371 e. The summed E-state index contributed by atoms with van der Waals surface area (Å²) in [6, 6.07) is 8.34. The molecular weight excluding hydrogens is 246 g/mol. The molecule has 3 heteroatoms. The van der Waals surface area contributed by atoms with Crippen LogP contribution in [0.1, 0.15) is 45.2 Å². The molecule has 2 atom stereocenters. The lowest BCUT2D eigenvalue weighted by Gasteiger charge is -2.21. The summed E-state index contributed by atoms with van der Waals surface area (Å²) < 4.78 is 5.97. The van der Waals surface area contributed by atoms with Gasteiger partial charge in [0.05, 0.1) is 11.7 Å². The van der Waals surface area contributed by atoms with Gasteiger partial charge in [0.1, 0.15) is 0 Å². The normalized spacial score (nSPS) is 24.1. The van der Waals surface area contributed by atoms with Gasteiger partial charge in [-0.25, -0.2) is 0 Å². The van der Waals surface area contributed by atoms with Crippen LogP contribution < -0.4 is 5.32 Å². The Kier molecular flexibility index (Phi) is 4.31. The molecule has 1 aromatic rings. The minimum absolute atomic E-state index is 0.0514. The summed E-state index contributed by atoms with van der Waals surface area (Å²) in [6.07, 6.45) is 2.64. The van der Waals surface area contributed by atoms with Gasteiger partial charge < -0.3 is 10.1 Å². The van der Waals surface area contributed by atoms with Crippen LogP contribution in [0.15, 0.2) is 24.3 Å². The zero-order chi connectivity index (χ0) is 13.2. The van der Waals surface area contributed by atoms with E-state index in [1.807, 2.05) is 12.1 Å². The molecule has 0 amide bonds. The highest BCUT2D eigenvalue weighted by molar-refractivity contribution is 6.30. The molecule has 0 aliphatic carbocycles. The first-order valence-corrected chi connectivity index (χ1v) is 7.01. The predicted molar refractivity (Wildman–Crippen MR) is 76.1 cm³/mol. The molecule has 0 radical (unpaired) electrons. The molecule has 2 rings (SSSR count). The van der Waals surface area contributed by atoms with Crippen LogP contribution in [-0.2, 0) is 4.74 Å². The van der Waals surface area contributed by atoms with Crippen molar-refractivity contribution in [3.63, 3.8) is 0 Å². The molecule has 0 aromatic heterocycles. The summed E-state index contributed by atoms with van der Waals surface area (Å²) in [6.45, 7) is 7.40. The Bertz CT molecular complexity index is 388. The van der Waals surface area contributed by atoms with Crippen LogP contribution in [0.2, 0.25) is 5.02 Å². The van der Waals surface area contributed by atoms with Crippen LogP contribution in [0, 0.1) is 0 Å². The van der Waals surface area contributed by atoms with Crippen molar-refractivity contribution in [2.45, 2.75) is 51.4 Å². The molecule has 0 saturated carbocycles. The van der Waals surface area contributed by atoms with E-state index < -0.39 is 0 Å². The summed E-state index contributed by atoms with van der Waals surface area (Å²) in [4.78, 5) is 0. The highest BCUT2D eigenvalue weighted by Gasteiger charge is 2.31. The third kappa shape index (κ3) is 3.71. The minimum Gasteiger partial charge on any atom is -0.371 e. The van der Waals surface area contributed by atoms with E-state index in [1.165, 1.54) is 5.56 Å². The predicted octanol–water partition coefficient (Wildman–Crippen LogP) is 3.95. The van der Waals surface area contributed by atoms with E-state index in [0.29, 0.717) is 12.1 Å². The number of nitrogens with one attached hydrogen (secondary N) is 1. The molecular formula is C15H22ClNO. The van der Waals surface area contributed by atoms with Gasteiger partial charge in [0, 0.05) is 17.6 Å². The van der Waals surface area contributed by atoms with Crippen LogP contribution >= 0.6 is 11.6 Å². The highest BCUT2D eigenvalue weighted by Crippen LogP contribution is 2.29. The first-order chi connectivity index (χ1) is 8.46. The summed E-state index contributed by atoms with van der Waals surface area (Å²) in [5.74, 6) is 0. The third-order valence-corrected chi connectivity index (χ3v) is 3.83. The number of benzene rings is 1. The van der Waals surface area contributed by atoms with Crippen LogP contribution in [0.25, 0.3) is 0 Å². The molecule has 1 aromatic carbocycles. The Hall–Kier alpha value is -0.570. The van der Waals surface area contributed by atoms with Crippen molar-refractivity contribution in [2.24, 2.45) is 0 Å². The molecule has 18 heavy (non-hydrogen) atoms. The second kappa shape index (κ2) is 5.60. The quantitative estimate of drug-likeness (QED) is 0.892. The second-order valence-electron chi connectivity index (χ2n) is 5.72. The number of rotatable bonds is 4. The van der Waals surface area contributed by atoms with E-state index in [0.717, 1.165) is 24.4 Å². The zero-order valence-electron chi connectivity index (χ0n) is 11.4. The van der Waals surface area contributed by atoms with Crippen molar-refractivity contribution in [1.82, 2.24) is 5.32 Å². The van der Waals surface area contributed by atoms with Crippen molar-refractivity contribution in [3.05, 3.63) is 34.9 Å². The molecule has 1 aliphatic rings. The van der Waals surface area contributed by atoms with Crippen LogP contribution in [0.4, 0.5) is 0 Å². The molecule has 1 heterocycles. The fourth-order valence-corrected chi connectivity index (χ4v) is 2.52. The molecule has 1 N–H and O–H groups in total. The molecule has 1 aliphatic heterocycles. The lowest BCUT2D eigenvalue weighted by molar-refractivity contribution is -0.0150. The first-order valence-electron chi connectivity index (χ1n) is 6.63. The summed E-state index contributed by atoms with van der Waals surface area (Å²) in [5.41, 5.74) is 1.31. The van der Waals surface area contributed by atoms with Gasteiger partial charge in [0.25, 0.3) is 0 Å². The lowest BCUT2D eigenvalue weighted by atomic mass is 10.1. The molecule has 0 spiro atoms. The minimum atomic E-state index is 0.0514. The van der Waals surface area contributed by atoms with Crippen molar-refractivity contribution in [3.8, 4) is 0 Å². The van der Waals surface area contributed by atoms with Crippen LogP contribution in [0.3, 0.4) is 0 Å². The van der Waals surface area contributed by atoms with E-state index in [-0.39, 0.29) is 5.60 Å². The molecule has 1 saturated heterocycles. The van der Waals surface area contributed by atoms with Gasteiger partial charge in [0.2, 0.25) is 0 Å². The van der Waals surface area contributed by atoms with Gasteiger partial charge in [-0.3, -0.25) is 0 Å². The van der Waals surface area contributed by atoms with E-state index in [1.54, 1.807) is 0 Å². The average Bonchev–Trinajstić information content (AvgIpc) is 2.67. The van der Waals surface area contributed by atoms with Crippen molar-refractivity contribution >= 4 is 11.6 Å². The number of hydrogen-bond donors (Lipinski definition) is 1. The maximum absolute atomic E-state index is 5.97. The zero-order valence-corrected chi connectivity index (χ0v) is 12.1. The van der Waals surface area contributed by atoms with Gasteiger partial charge in [-0.15, -0.1) is 0 Å². The fraction of sp³-hybridized carbons (Fsp3) is 0.600. The number of halogens is 1. The van der Waals surface area contributed by atoms with Crippen molar-refractivity contribution in [2.75, 3.05) is 6.54 Å². The first kappa shape index (κ1) is 13.9. The maximum atomic E-state index is 5.97. The maximum Gasteiger partial charge on any atom is 0.0708 e. The van der Waals surface area contributed by atoms with Gasteiger partial charge in [-0.1, -0.05) is 23.7 Å². The van der Waals surface area contributed by atoms with E-state index in [4.69, 9.17) is 16.3 Å². The highest BCUT2D eigenvalue weighted by atomic mass is 35.5. The fourth-order valence-electron chi connectivity index (χ4n) is 2.40. The second-order valence-corrected chi connectivity index (χ2v) is 6.16. The Balaban J connectivity index is 1.82. The Morgan fingerprint density at radius 1 is 1.39 bits per heavy atom. The summed E-state index contributed by atoms with van der Waals surface area (Å²) in [7, 11) is 0. The van der Waals surface area contributed by atoms with Crippen LogP contribution in [-0.4, -0.2) is 18.2 Å². The monoisotopic (exact) mass is 267 g/mol. The van der Waals surface area contributed by atoms with Gasteiger partial charge >= 0.3 is 0 Å². The van der Waals surface area contributed by atoms with E-state index in [9.17, 15) is 0 Å². The van der Waals surface area contributed by atoms with Gasteiger partial charge in [-0.2, -0.15) is 0 Å². The summed E-state index contributed by atoms with van der Waals surface area (Å²) >= 11 is 5.89. The molecule has 2 nitrogen and oxygen atoms in total. The molecule has 1 fully saturated rings. The smallest absolute Gasteiger partial charge is 0.0708 e. The Labute approximate surface area is 115 Å². The number of ether oxygens (including phenoxy) is 1. The van der Waals surface area contributed by atoms with Crippen molar-refractivity contribution < 1.29 is 4.74 Å². The average molecular weight is 268 g/mol. The van der Waals surface area contributed by atoms with Crippen molar-refractivity contribution in [1.29, 1.82) is 0 Å². The van der Waals surface area contributed by atoms with Crippen LogP contribution in [0.5, 0.6) is 0 Å². The summed E-state index contributed by atoms with van der Waals surface area (Å²) in [5, 5.41) is 4.31. The molecule has 100 valence electrons. The SMILES string of the molecule is C[C@@H](NCC1CCC(C)(C)O1)c1ccc(Cl)cc1. The topological polar surface area (TPSA) is 21.3 Å². The third-order valence-electron chi connectivity index (χ3n) is 3.58. The van der Waals surface area contributed by atoms with E-state index >= 15 is 0 Å². The van der Waals surface area contributed by atoms with Gasteiger partial charge in [0.15, 0.2) is 0 Å². The standard InChI is InChI=1S/C15H22ClNO/c1-11(12-4-6-13(16)7-5-12)17-10-14-8-9-15(2,3)18-14/h4-7,11,14,17H,8-10H2,1-3H3/t11-,14?/m1/s1. The Morgan fingerprint density at radius 2 is 2.06 bits per heavy atom. The van der Waals surface area contributed by atoms with Gasteiger partial charge in [-0.05, 0) is 51.3 Å². The number of hydrogen-bond acceptors (Lipinski definition) is 2. The molecule has 1 unspecified atom stereocenters. The van der Waals surface area contributed by atoms with E-state index in [2.05, 4.69) is 38.2 Å². The molecule has 0 bridgehead atoms. The Morgan fingerprint density at radius 3 is 2.61 bits per heavy atom. The lowest BCUT2D eigenvalue weighted by Crippen LogP contribution is -2.31.